The van der Waals surface area contributed by atoms with Crippen molar-refractivity contribution in [2.45, 2.75) is 30.3 Å². The summed E-state index contributed by atoms with van der Waals surface area (Å²) >= 11 is 0. The van der Waals surface area contributed by atoms with Crippen molar-refractivity contribution in [3.63, 3.8) is 0 Å². The molecule has 0 saturated carbocycles. The molecule has 0 bridgehead atoms. The minimum atomic E-state index is -1.01. The first-order valence-corrected chi connectivity index (χ1v) is 9.68. The number of aromatic hydroxyl groups is 1. The Kier molecular flexibility index (Phi) is 3.77. The standard InChI is InChI=1S/C23H23FN2O2/c1-26-9-8-22(16-4-2-5-17(27)11-16)13-21-15(12-23(22,28)14-26)10-18-19(24)6-3-7-20(18)25-21/h2-7,10-11,27-28H,8-9,12-14H2,1H3/t22-,23-/m0/s1. The molecule has 1 aliphatic heterocycles. The van der Waals surface area contributed by atoms with Gasteiger partial charge in [-0.1, -0.05) is 18.2 Å². The van der Waals surface area contributed by atoms with Crippen LogP contribution in [0.4, 0.5) is 4.39 Å². The van der Waals surface area contributed by atoms with Crippen molar-refractivity contribution in [3.05, 3.63) is 71.2 Å². The number of aliphatic hydroxyl groups is 1. The Morgan fingerprint density at radius 1 is 1.11 bits per heavy atom. The molecule has 5 heteroatoms. The van der Waals surface area contributed by atoms with E-state index in [0.29, 0.717) is 30.3 Å². The molecule has 1 aromatic heterocycles. The lowest BCUT2D eigenvalue weighted by Crippen LogP contribution is -2.66. The molecule has 2 N–H and O–H groups in total. The van der Waals surface area contributed by atoms with E-state index in [0.717, 1.165) is 29.8 Å². The fraction of sp³-hybridized carbons (Fsp3) is 0.348. The quantitative estimate of drug-likeness (QED) is 0.683. The highest BCUT2D eigenvalue weighted by molar-refractivity contribution is 5.80. The molecule has 3 aromatic rings. The Morgan fingerprint density at radius 3 is 2.75 bits per heavy atom. The van der Waals surface area contributed by atoms with Crippen LogP contribution < -0.4 is 0 Å². The zero-order valence-corrected chi connectivity index (χ0v) is 15.8. The van der Waals surface area contributed by atoms with Crippen LogP contribution in [0.5, 0.6) is 5.75 Å². The molecule has 0 spiro atoms. The van der Waals surface area contributed by atoms with Crippen molar-refractivity contribution < 1.29 is 14.6 Å². The number of β-amino-alcohol motifs (C(OH)–C–C–N with tert-alkyl or cyclic N) is 1. The minimum absolute atomic E-state index is 0.201. The van der Waals surface area contributed by atoms with Gasteiger partial charge in [-0.2, -0.15) is 0 Å². The summed E-state index contributed by atoms with van der Waals surface area (Å²) in [5, 5.41) is 22.5. The van der Waals surface area contributed by atoms with Crippen molar-refractivity contribution >= 4 is 10.9 Å². The van der Waals surface area contributed by atoms with Gasteiger partial charge in [0.1, 0.15) is 11.6 Å². The smallest absolute Gasteiger partial charge is 0.132 e. The molecule has 0 radical (unpaired) electrons. The number of fused-ring (bicyclic) bond motifs is 3. The van der Waals surface area contributed by atoms with Crippen LogP contribution in [0.25, 0.3) is 10.9 Å². The lowest BCUT2D eigenvalue weighted by molar-refractivity contribution is -0.0976. The maximum atomic E-state index is 14.3. The van der Waals surface area contributed by atoms with Gasteiger partial charge in [-0.3, -0.25) is 4.98 Å². The first-order valence-electron chi connectivity index (χ1n) is 9.68. The Morgan fingerprint density at radius 2 is 1.93 bits per heavy atom. The normalized spacial score (nSPS) is 27.4. The number of likely N-dealkylation sites (N-methyl/N-ethyl adjacent to an activating group) is 1. The molecular weight excluding hydrogens is 355 g/mol. The molecule has 2 aliphatic rings. The molecule has 1 fully saturated rings. The molecule has 1 aliphatic carbocycles. The summed E-state index contributed by atoms with van der Waals surface area (Å²) in [4.78, 5) is 6.92. The van der Waals surface area contributed by atoms with E-state index in [1.54, 1.807) is 18.2 Å². The molecule has 144 valence electrons. The van der Waals surface area contributed by atoms with Crippen LogP contribution in [0.2, 0.25) is 0 Å². The first-order chi connectivity index (χ1) is 13.4. The Balaban J connectivity index is 1.72. The first kappa shape index (κ1) is 17.6. The summed E-state index contributed by atoms with van der Waals surface area (Å²) < 4.78 is 14.3. The number of piperidine rings is 1. The van der Waals surface area contributed by atoms with Crippen LogP contribution >= 0.6 is 0 Å². The second-order valence-electron chi connectivity index (χ2n) is 8.41. The zero-order valence-electron chi connectivity index (χ0n) is 15.8. The highest BCUT2D eigenvalue weighted by Crippen LogP contribution is 2.50. The fourth-order valence-electron chi connectivity index (χ4n) is 5.24. The molecule has 28 heavy (non-hydrogen) atoms. The van der Waals surface area contributed by atoms with E-state index in [1.165, 1.54) is 6.07 Å². The Hall–Kier alpha value is -2.50. The molecule has 5 rings (SSSR count). The molecule has 0 amide bonds. The van der Waals surface area contributed by atoms with E-state index in [2.05, 4.69) is 4.90 Å². The molecule has 1 saturated heterocycles. The van der Waals surface area contributed by atoms with Gasteiger partial charge in [-0.05, 0) is 61.5 Å². The molecule has 2 aromatic carbocycles. The van der Waals surface area contributed by atoms with Crippen LogP contribution in [-0.2, 0) is 18.3 Å². The SMILES string of the molecule is CN1CC[C@@]2(c3cccc(O)c3)Cc3nc4cccc(F)c4cc3C[C@]2(O)C1. The highest BCUT2D eigenvalue weighted by Gasteiger charge is 2.57. The average molecular weight is 378 g/mol. The highest BCUT2D eigenvalue weighted by atomic mass is 19.1. The summed E-state index contributed by atoms with van der Waals surface area (Å²) in [6.07, 6.45) is 1.76. The van der Waals surface area contributed by atoms with Gasteiger partial charge in [-0.15, -0.1) is 0 Å². The van der Waals surface area contributed by atoms with Gasteiger partial charge in [0.05, 0.1) is 11.1 Å². The number of halogens is 1. The number of aromatic nitrogens is 1. The van der Waals surface area contributed by atoms with Crippen molar-refractivity contribution in [3.8, 4) is 5.75 Å². The van der Waals surface area contributed by atoms with Gasteiger partial charge in [-0.25, -0.2) is 4.39 Å². The second-order valence-corrected chi connectivity index (χ2v) is 8.41. The molecular formula is C23H23FN2O2. The lowest BCUT2D eigenvalue weighted by Gasteiger charge is -2.56. The van der Waals surface area contributed by atoms with Crippen molar-refractivity contribution in [2.24, 2.45) is 0 Å². The predicted octanol–water partition coefficient (Wildman–Crippen LogP) is 3.18. The summed E-state index contributed by atoms with van der Waals surface area (Å²) in [5.41, 5.74) is 1.86. The van der Waals surface area contributed by atoms with E-state index >= 15 is 0 Å². The number of rotatable bonds is 1. The largest absolute Gasteiger partial charge is 0.508 e. The Labute approximate surface area is 163 Å². The number of hydrogen-bond acceptors (Lipinski definition) is 4. The van der Waals surface area contributed by atoms with Gasteiger partial charge in [0.15, 0.2) is 0 Å². The van der Waals surface area contributed by atoms with Crippen molar-refractivity contribution in [1.29, 1.82) is 0 Å². The summed E-state index contributed by atoms with van der Waals surface area (Å²) in [7, 11) is 2.01. The zero-order chi connectivity index (χ0) is 19.5. The number of benzene rings is 2. The van der Waals surface area contributed by atoms with Gasteiger partial charge in [0.2, 0.25) is 0 Å². The number of likely N-dealkylation sites (tertiary alicyclic amines) is 1. The number of phenolic OH excluding ortho intramolecular Hbond substituents is 1. The van der Waals surface area contributed by atoms with Gasteiger partial charge in [0, 0.05) is 35.9 Å². The van der Waals surface area contributed by atoms with Gasteiger partial charge in [0.25, 0.3) is 0 Å². The number of phenols is 1. The van der Waals surface area contributed by atoms with E-state index in [4.69, 9.17) is 4.98 Å². The summed E-state index contributed by atoms with van der Waals surface area (Å²) in [5.74, 6) is -0.0853. The van der Waals surface area contributed by atoms with E-state index in [1.807, 2.05) is 31.3 Å². The van der Waals surface area contributed by atoms with E-state index in [-0.39, 0.29) is 11.6 Å². The average Bonchev–Trinajstić information content (AvgIpc) is 2.65. The topological polar surface area (TPSA) is 56.6 Å². The van der Waals surface area contributed by atoms with Crippen LogP contribution in [0.15, 0.2) is 48.5 Å². The predicted molar refractivity (Wildman–Crippen MR) is 106 cm³/mol. The third-order valence-corrected chi connectivity index (χ3v) is 6.67. The van der Waals surface area contributed by atoms with Crippen LogP contribution in [0.1, 0.15) is 23.2 Å². The third kappa shape index (κ3) is 2.46. The molecule has 2 heterocycles. The summed E-state index contributed by atoms with van der Waals surface area (Å²) in [6.45, 7) is 1.38. The lowest BCUT2D eigenvalue weighted by atomic mass is 9.56. The Bertz CT molecular complexity index is 1090. The number of nitrogens with zero attached hydrogens (tertiary/aromatic N) is 2. The minimum Gasteiger partial charge on any atom is -0.508 e. The van der Waals surface area contributed by atoms with E-state index < -0.39 is 11.0 Å². The van der Waals surface area contributed by atoms with Gasteiger partial charge < -0.3 is 15.1 Å². The molecule has 0 unspecified atom stereocenters. The summed E-state index contributed by atoms with van der Waals surface area (Å²) in [6, 6.07) is 14.0. The molecule has 4 nitrogen and oxygen atoms in total. The second kappa shape index (κ2) is 6.00. The van der Waals surface area contributed by atoms with E-state index in [9.17, 15) is 14.6 Å². The number of pyridine rings is 1. The number of hydrogen-bond donors (Lipinski definition) is 2. The van der Waals surface area contributed by atoms with Crippen LogP contribution in [0, 0.1) is 5.82 Å². The third-order valence-electron chi connectivity index (χ3n) is 6.67. The van der Waals surface area contributed by atoms with Crippen molar-refractivity contribution in [1.82, 2.24) is 9.88 Å². The molecule has 2 atom stereocenters. The van der Waals surface area contributed by atoms with Gasteiger partial charge >= 0.3 is 0 Å². The van der Waals surface area contributed by atoms with Crippen molar-refractivity contribution in [2.75, 3.05) is 20.1 Å². The fourth-order valence-corrected chi connectivity index (χ4v) is 5.24. The van der Waals surface area contributed by atoms with Crippen LogP contribution in [0.3, 0.4) is 0 Å². The monoisotopic (exact) mass is 378 g/mol. The maximum absolute atomic E-state index is 14.3. The van der Waals surface area contributed by atoms with Crippen LogP contribution in [-0.4, -0.2) is 45.8 Å². The maximum Gasteiger partial charge on any atom is 0.132 e.